The van der Waals surface area contributed by atoms with Crippen molar-refractivity contribution in [2.45, 2.75) is 29.2 Å². The van der Waals surface area contributed by atoms with Crippen molar-refractivity contribution in [3.63, 3.8) is 0 Å². The number of pyridine rings is 3. The zero-order valence-corrected chi connectivity index (χ0v) is 21.8. The van der Waals surface area contributed by atoms with Gasteiger partial charge in [0.15, 0.2) is 0 Å². The third kappa shape index (κ3) is 4.94. The summed E-state index contributed by atoms with van der Waals surface area (Å²) < 4.78 is 33.0. The molecule has 196 valence electrons. The van der Waals surface area contributed by atoms with Gasteiger partial charge in [-0.25, -0.2) is 18.4 Å². The molecule has 2 aliphatic rings. The minimum Gasteiger partial charge on any atom is -0.381 e. The number of ether oxygens (including phenoxy) is 1. The van der Waals surface area contributed by atoms with Crippen molar-refractivity contribution in [3.8, 4) is 11.3 Å². The molecular weight excluding hydrogens is 500 g/mol. The van der Waals surface area contributed by atoms with Crippen LogP contribution in [0.3, 0.4) is 0 Å². The molecule has 2 fully saturated rings. The van der Waals surface area contributed by atoms with Gasteiger partial charge in [0.1, 0.15) is 17.0 Å². The Kier molecular flexibility index (Phi) is 6.92. The van der Waals surface area contributed by atoms with E-state index >= 15 is 0 Å². The van der Waals surface area contributed by atoms with Crippen LogP contribution < -0.4 is 15.5 Å². The average molecular weight is 531 g/mol. The maximum absolute atomic E-state index is 13.7. The Balaban J connectivity index is 1.41. The van der Waals surface area contributed by atoms with Crippen molar-refractivity contribution >= 4 is 32.2 Å². The van der Waals surface area contributed by atoms with Crippen molar-refractivity contribution in [2.24, 2.45) is 0 Å². The van der Waals surface area contributed by atoms with Crippen LogP contribution in [-0.2, 0) is 14.6 Å². The maximum atomic E-state index is 13.7. The Bertz CT molecular complexity index is 1530. The summed E-state index contributed by atoms with van der Waals surface area (Å²) in [7, 11) is -3.65. The van der Waals surface area contributed by atoms with Crippen molar-refractivity contribution in [2.75, 3.05) is 43.1 Å². The largest absolute Gasteiger partial charge is 0.381 e. The summed E-state index contributed by atoms with van der Waals surface area (Å²) >= 11 is 0. The zero-order chi connectivity index (χ0) is 26.0. The highest BCUT2D eigenvalue weighted by molar-refractivity contribution is 7.92. The zero-order valence-electron chi connectivity index (χ0n) is 21.0. The number of aromatic nitrogens is 3. The molecule has 2 N–H and O–H groups in total. The normalized spacial score (nSPS) is 18.9. The smallest absolute Gasteiger partial charge is 0.200 e. The lowest BCUT2D eigenvalue weighted by molar-refractivity contribution is 0.0904. The summed E-state index contributed by atoms with van der Waals surface area (Å²) in [5.41, 5.74) is 1.64. The van der Waals surface area contributed by atoms with Gasteiger partial charge in [-0.15, -0.1) is 0 Å². The van der Waals surface area contributed by atoms with E-state index in [-0.39, 0.29) is 0 Å². The Labute approximate surface area is 222 Å². The van der Waals surface area contributed by atoms with Crippen molar-refractivity contribution in [1.29, 1.82) is 0 Å². The van der Waals surface area contributed by atoms with Gasteiger partial charge < -0.3 is 20.3 Å². The number of hydrogen-bond acceptors (Lipinski definition) is 9. The number of hydrogen-bond donors (Lipinski definition) is 2. The molecule has 0 saturated carbocycles. The highest BCUT2D eigenvalue weighted by Crippen LogP contribution is 2.33. The number of nitrogens with one attached hydrogen (secondary N) is 2. The molecule has 0 spiro atoms. The Morgan fingerprint density at radius 1 is 1.03 bits per heavy atom. The van der Waals surface area contributed by atoms with E-state index in [0.29, 0.717) is 36.4 Å². The SMILES string of the molecule is O=S(=O)(c1ccccc1)C1CNCCN1c1nc(-c2ccnc(NC3CCOCC3)c2)cc2cnccc12. The lowest BCUT2D eigenvalue weighted by Gasteiger charge is -2.37. The van der Waals surface area contributed by atoms with Crippen LogP contribution in [0, 0.1) is 0 Å². The molecule has 0 bridgehead atoms. The molecule has 0 aliphatic carbocycles. The molecule has 6 rings (SSSR count). The molecule has 38 heavy (non-hydrogen) atoms. The second kappa shape index (κ2) is 10.6. The molecular formula is C28H30N6O3S. The quantitative estimate of drug-likeness (QED) is 0.387. The molecule has 5 heterocycles. The highest BCUT2D eigenvalue weighted by Gasteiger charge is 2.36. The number of piperazine rings is 1. The van der Waals surface area contributed by atoms with E-state index in [1.807, 2.05) is 35.2 Å². The fourth-order valence-electron chi connectivity index (χ4n) is 5.13. The van der Waals surface area contributed by atoms with Crippen LogP contribution in [0.5, 0.6) is 0 Å². The van der Waals surface area contributed by atoms with Gasteiger partial charge in [0.25, 0.3) is 0 Å². The van der Waals surface area contributed by atoms with Gasteiger partial charge in [-0.3, -0.25) is 4.98 Å². The van der Waals surface area contributed by atoms with Crippen LogP contribution in [0.4, 0.5) is 11.6 Å². The maximum Gasteiger partial charge on any atom is 0.200 e. The van der Waals surface area contributed by atoms with Crippen molar-refractivity contribution in [3.05, 3.63) is 73.2 Å². The number of fused-ring (bicyclic) bond motifs is 1. The number of benzene rings is 1. The predicted molar refractivity (Wildman–Crippen MR) is 148 cm³/mol. The van der Waals surface area contributed by atoms with E-state index < -0.39 is 15.2 Å². The van der Waals surface area contributed by atoms with Gasteiger partial charge in [0.05, 0.1) is 10.6 Å². The van der Waals surface area contributed by atoms with Crippen LogP contribution in [0.1, 0.15) is 12.8 Å². The van der Waals surface area contributed by atoms with Gasteiger partial charge in [0.2, 0.25) is 9.84 Å². The van der Waals surface area contributed by atoms with E-state index in [1.54, 1.807) is 42.9 Å². The third-order valence-electron chi connectivity index (χ3n) is 7.14. The topological polar surface area (TPSA) is 109 Å². The molecule has 1 unspecified atom stereocenters. The van der Waals surface area contributed by atoms with Crippen molar-refractivity contribution < 1.29 is 13.2 Å². The second-order valence-corrected chi connectivity index (χ2v) is 11.7. The Morgan fingerprint density at radius 2 is 1.87 bits per heavy atom. The first-order valence-corrected chi connectivity index (χ1v) is 14.5. The molecule has 10 heteroatoms. The first kappa shape index (κ1) is 24.7. The van der Waals surface area contributed by atoms with E-state index in [2.05, 4.69) is 20.6 Å². The van der Waals surface area contributed by atoms with Gasteiger partial charge in [-0.2, -0.15) is 0 Å². The minimum atomic E-state index is -3.65. The molecule has 0 amide bonds. The number of nitrogens with zero attached hydrogens (tertiary/aromatic N) is 4. The van der Waals surface area contributed by atoms with E-state index in [0.717, 1.165) is 53.9 Å². The van der Waals surface area contributed by atoms with Crippen LogP contribution >= 0.6 is 0 Å². The molecule has 0 radical (unpaired) electrons. The molecule has 3 aromatic heterocycles. The summed E-state index contributed by atoms with van der Waals surface area (Å²) in [6.07, 6.45) is 7.18. The van der Waals surface area contributed by atoms with Gasteiger partial charge in [0, 0.05) is 73.8 Å². The lowest BCUT2D eigenvalue weighted by Crippen LogP contribution is -2.55. The van der Waals surface area contributed by atoms with E-state index in [1.165, 1.54) is 0 Å². The minimum absolute atomic E-state index is 0.304. The summed E-state index contributed by atoms with van der Waals surface area (Å²) in [5.74, 6) is 1.43. The molecule has 2 aliphatic heterocycles. The van der Waals surface area contributed by atoms with Crippen LogP contribution in [-0.4, -0.2) is 67.6 Å². The predicted octanol–water partition coefficient (Wildman–Crippen LogP) is 3.49. The second-order valence-electron chi connectivity index (χ2n) is 9.60. The molecule has 4 aromatic rings. The molecule has 2 saturated heterocycles. The first-order chi connectivity index (χ1) is 18.6. The van der Waals surface area contributed by atoms with Gasteiger partial charge in [-0.1, -0.05) is 18.2 Å². The Morgan fingerprint density at radius 3 is 2.71 bits per heavy atom. The average Bonchev–Trinajstić information content (AvgIpc) is 2.98. The summed E-state index contributed by atoms with van der Waals surface area (Å²) in [4.78, 5) is 16.2. The number of anilines is 2. The summed E-state index contributed by atoms with van der Waals surface area (Å²) in [6.45, 7) is 2.98. The highest BCUT2D eigenvalue weighted by atomic mass is 32.2. The van der Waals surface area contributed by atoms with Crippen LogP contribution in [0.25, 0.3) is 22.0 Å². The van der Waals surface area contributed by atoms with E-state index in [4.69, 9.17) is 9.72 Å². The standard InChI is InChI=1S/C28H30N6O3S/c35-38(36,23-4-2-1-3-5-23)27-19-30-12-13-34(27)28-24-7-10-29-18-21(24)16-25(33-28)20-6-11-31-26(17-20)32-22-8-14-37-15-9-22/h1-7,10-11,16-18,22,27,30H,8-9,12-15,19H2,(H,31,32). The summed E-state index contributed by atoms with van der Waals surface area (Å²) in [6, 6.07) is 16.8. The van der Waals surface area contributed by atoms with Crippen LogP contribution in [0.15, 0.2) is 78.1 Å². The first-order valence-electron chi connectivity index (χ1n) is 12.9. The molecule has 1 atom stereocenters. The monoisotopic (exact) mass is 530 g/mol. The lowest BCUT2D eigenvalue weighted by atomic mass is 10.1. The molecule has 9 nitrogen and oxygen atoms in total. The van der Waals surface area contributed by atoms with E-state index in [9.17, 15) is 8.42 Å². The third-order valence-corrected chi connectivity index (χ3v) is 9.21. The fourth-order valence-corrected chi connectivity index (χ4v) is 6.86. The summed E-state index contributed by atoms with van der Waals surface area (Å²) in [5, 5.41) is 7.77. The Hall–Kier alpha value is -3.60. The molecule has 1 aromatic carbocycles. The van der Waals surface area contributed by atoms with Gasteiger partial charge in [-0.05, 0) is 49.2 Å². The number of sulfone groups is 1. The van der Waals surface area contributed by atoms with Crippen molar-refractivity contribution in [1.82, 2.24) is 20.3 Å². The van der Waals surface area contributed by atoms with Crippen LogP contribution in [0.2, 0.25) is 0 Å². The number of rotatable bonds is 6. The van der Waals surface area contributed by atoms with Gasteiger partial charge >= 0.3 is 0 Å². The fraction of sp³-hybridized carbons (Fsp3) is 0.321.